The molecule has 0 spiro atoms. The van der Waals surface area contributed by atoms with Crippen molar-refractivity contribution >= 4 is 13.8 Å². The summed E-state index contributed by atoms with van der Waals surface area (Å²) in [6.45, 7) is 4.72. The molecule has 0 bridgehead atoms. The van der Waals surface area contributed by atoms with Crippen LogP contribution < -0.4 is 0 Å². The second-order valence-corrected chi connectivity index (χ2v) is 15.8. The molecule has 296 valence electrons. The molecule has 0 radical (unpaired) electrons. The van der Waals surface area contributed by atoms with E-state index >= 15 is 0 Å². The number of nitrogens with zero attached hydrogens (tertiary/aromatic N) is 1. The maximum absolute atomic E-state index is 12.4. The molecule has 0 aliphatic rings. The van der Waals surface area contributed by atoms with Crippen LogP contribution in [-0.2, 0) is 27.9 Å². The SMILES string of the molecule is CC/C=C\C/C=C\C/C=C\C/C=C\CCCCC(=O)OCC(COP(=O)(O)OCC[N+](C)(C)C)O/C=C\CCCCCCCCCCCCCC. The number of phosphoric acid groups is 1. The normalized spacial score (nSPS) is 14.5. The third kappa shape index (κ3) is 39.1. The second kappa shape index (κ2) is 35.1. The van der Waals surface area contributed by atoms with E-state index in [0.29, 0.717) is 17.4 Å². The van der Waals surface area contributed by atoms with Gasteiger partial charge in [0, 0.05) is 6.42 Å². The van der Waals surface area contributed by atoms with Gasteiger partial charge in [0.2, 0.25) is 0 Å². The maximum atomic E-state index is 12.4. The lowest BCUT2D eigenvalue weighted by Crippen LogP contribution is -2.37. The Balaban J connectivity index is 4.41. The van der Waals surface area contributed by atoms with Crippen molar-refractivity contribution in [1.29, 1.82) is 0 Å². The molecular weight excluding hydrogens is 661 g/mol. The molecule has 0 rings (SSSR count). The summed E-state index contributed by atoms with van der Waals surface area (Å²) in [5.74, 6) is -0.319. The molecule has 0 aromatic carbocycles. The van der Waals surface area contributed by atoms with E-state index in [9.17, 15) is 14.3 Å². The first kappa shape index (κ1) is 49.0. The van der Waals surface area contributed by atoms with Crippen molar-refractivity contribution in [2.24, 2.45) is 0 Å². The standard InChI is InChI=1S/C42H76NO7P/c1-6-8-10-12-14-16-18-20-22-23-25-27-29-31-33-35-42(44)48-39-41(40-50-51(45,46)49-38-36-43(3,4)5)47-37-34-32-30-28-26-24-21-19-17-15-13-11-9-7-2/h8,10,14,16,20,22,25,27,34,37,41H,6-7,9,11-13,15,17-19,21,23-24,26,28-33,35-36,38-40H2,1-5H3/p+1/b10-8-,16-14-,22-20-,27-25-,37-34-. The Morgan fingerprint density at radius 3 is 1.73 bits per heavy atom. The van der Waals surface area contributed by atoms with Gasteiger partial charge in [-0.2, -0.15) is 0 Å². The summed E-state index contributed by atoms with van der Waals surface area (Å²) < 4.78 is 34.6. The molecule has 0 amide bonds. The molecule has 0 heterocycles. The Hall–Kier alpha value is -1.96. The van der Waals surface area contributed by atoms with Gasteiger partial charge in [-0.25, -0.2) is 4.57 Å². The number of rotatable bonds is 36. The van der Waals surface area contributed by atoms with Crippen LogP contribution in [-0.4, -0.2) is 69.0 Å². The minimum absolute atomic E-state index is 0.0719. The van der Waals surface area contributed by atoms with E-state index in [1.54, 1.807) is 6.26 Å². The highest BCUT2D eigenvalue weighted by molar-refractivity contribution is 7.47. The van der Waals surface area contributed by atoms with Gasteiger partial charge in [-0.1, -0.05) is 133 Å². The Bertz CT molecular complexity index is 1000. The van der Waals surface area contributed by atoms with E-state index in [1.165, 1.54) is 70.6 Å². The summed E-state index contributed by atoms with van der Waals surface area (Å²) in [6.07, 6.45) is 43.6. The Morgan fingerprint density at radius 2 is 1.16 bits per heavy atom. The number of carbonyl (C=O) groups excluding carboxylic acids is 1. The molecular formula is C42H77NO7P+. The maximum Gasteiger partial charge on any atom is 0.472 e. The predicted molar refractivity (Wildman–Crippen MR) is 214 cm³/mol. The first-order valence-corrected chi connectivity index (χ1v) is 21.6. The molecule has 0 saturated carbocycles. The summed E-state index contributed by atoms with van der Waals surface area (Å²) in [5.41, 5.74) is 0. The number of carbonyl (C=O) groups is 1. The number of quaternary nitrogens is 1. The van der Waals surface area contributed by atoms with Crippen molar-refractivity contribution in [3.63, 3.8) is 0 Å². The van der Waals surface area contributed by atoms with Gasteiger partial charge in [0.15, 0.2) is 6.10 Å². The van der Waals surface area contributed by atoms with Crippen molar-refractivity contribution in [2.75, 3.05) is 47.5 Å². The van der Waals surface area contributed by atoms with Gasteiger partial charge < -0.3 is 18.9 Å². The number of hydrogen-bond donors (Lipinski definition) is 1. The highest BCUT2D eigenvalue weighted by atomic mass is 31.2. The van der Waals surface area contributed by atoms with E-state index in [2.05, 4.69) is 62.5 Å². The zero-order chi connectivity index (χ0) is 37.7. The summed E-state index contributed by atoms with van der Waals surface area (Å²) in [4.78, 5) is 22.6. The average molecular weight is 739 g/mol. The Labute approximate surface area is 313 Å². The van der Waals surface area contributed by atoms with Gasteiger partial charge >= 0.3 is 13.8 Å². The fraction of sp³-hybridized carbons (Fsp3) is 0.738. The van der Waals surface area contributed by atoms with Crippen LogP contribution in [0.15, 0.2) is 60.9 Å². The van der Waals surface area contributed by atoms with Crippen molar-refractivity contribution in [3.8, 4) is 0 Å². The molecule has 51 heavy (non-hydrogen) atoms. The summed E-state index contributed by atoms with van der Waals surface area (Å²) in [6, 6.07) is 0. The van der Waals surface area contributed by atoms with Crippen LogP contribution in [0.25, 0.3) is 0 Å². The molecule has 2 atom stereocenters. The second-order valence-electron chi connectivity index (χ2n) is 14.3. The fourth-order valence-corrected chi connectivity index (χ4v) is 5.74. The van der Waals surface area contributed by atoms with Crippen LogP contribution in [0.1, 0.15) is 149 Å². The topological polar surface area (TPSA) is 91.3 Å². The third-order valence-electron chi connectivity index (χ3n) is 8.18. The summed E-state index contributed by atoms with van der Waals surface area (Å²) in [5, 5.41) is 0. The highest BCUT2D eigenvalue weighted by Crippen LogP contribution is 2.43. The van der Waals surface area contributed by atoms with E-state index in [4.69, 9.17) is 18.5 Å². The Kier molecular flexibility index (Phi) is 33.7. The van der Waals surface area contributed by atoms with Gasteiger partial charge in [0.05, 0.1) is 34.0 Å². The molecule has 8 nitrogen and oxygen atoms in total. The Morgan fingerprint density at radius 1 is 0.647 bits per heavy atom. The summed E-state index contributed by atoms with van der Waals surface area (Å²) in [7, 11) is 1.64. The number of allylic oxidation sites excluding steroid dienone is 9. The molecule has 1 N–H and O–H groups in total. The minimum Gasteiger partial charge on any atom is -0.492 e. The minimum atomic E-state index is -4.27. The van der Waals surface area contributed by atoms with Crippen LogP contribution in [0.5, 0.6) is 0 Å². The van der Waals surface area contributed by atoms with Crippen LogP contribution in [0.2, 0.25) is 0 Å². The molecule has 0 saturated heterocycles. The molecule has 9 heteroatoms. The number of likely N-dealkylation sites (N-methyl/N-ethyl adjacent to an activating group) is 1. The van der Waals surface area contributed by atoms with Crippen molar-refractivity contribution in [1.82, 2.24) is 0 Å². The first-order valence-electron chi connectivity index (χ1n) is 20.1. The molecule has 2 unspecified atom stereocenters. The number of hydrogen-bond acceptors (Lipinski definition) is 6. The van der Waals surface area contributed by atoms with Crippen LogP contribution >= 0.6 is 7.82 Å². The van der Waals surface area contributed by atoms with E-state index in [0.717, 1.165) is 57.8 Å². The van der Waals surface area contributed by atoms with Crippen molar-refractivity contribution in [3.05, 3.63) is 60.9 Å². The zero-order valence-electron chi connectivity index (χ0n) is 33.3. The van der Waals surface area contributed by atoms with Crippen LogP contribution in [0.3, 0.4) is 0 Å². The lowest BCUT2D eigenvalue weighted by Gasteiger charge is -2.24. The van der Waals surface area contributed by atoms with Gasteiger partial charge in [-0.15, -0.1) is 0 Å². The molecule has 0 aromatic heterocycles. The quantitative estimate of drug-likeness (QED) is 0.0171. The number of phosphoric ester groups is 1. The smallest absolute Gasteiger partial charge is 0.472 e. The lowest BCUT2D eigenvalue weighted by atomic mass is 10.0. The molecule has 0 aliphatic carbocycles. The third-order valence-corrected chi connectivity index (χ3v) is 9.17. The predicted octanol–water partition coefficient (Wildman–Crippen LogP) is 11.7. The molecule has 0 fully saturated rings. The largest absolute Gasteiger partial charge is 0.492 e. The number of ether oxygens (including phenoxy) is 2. The van der Waals surface area contributed by atoms with Gasteiger partial charge in [-0.05, 0) is 63.9 Å². The number of esters is 1. The van der Waals surface area contributed by atoms with Gasteiger partial charge in [-0.3, -0.25) is 13.8 Å². The van der Waals surface area contributed by atoms with Gasteiger partial charge in [0.25, 0.3) is 0 Å². The molecule has 0 aromatic rings. The lowest BCUT2D eigenvalue weighted by molar-refractivity contribution is -0.870. The van der Waals surface area contributed by atoms with Crippen LogP contribution in [0, 0.1) is 0 Å². The molecule has 0 aliphatic heterocycles. The fourth-order valence-electron chi connectivity index (χ4n) is 5.00. The van der Waals surface area contributed by atoms with Crippen LogP contribution in [0.4, 0.5) is 0 Å². The zero-order valence-corrected chi connectivity index (χ0v) is 34.2. The van der Waals surface area contributed by atoms with E-state index in [1.807, 2.05) is 27.2 Å². The first-order chi connectivity index (χ1) is 24.6. The monoisotopic (exact) mass is 739 g/mol. The van der Waals surface area contributed by atoms with E-state index in [-0.39, 0.29) is 25.8 Å². The van der Waals surface area contributed by atoms with Crippen molar-refractivity contribution in [2.45, 2.75) is 155 Å². The number of unbranched alkanes of at least 4 members (excludes halogenated alkanes) is 14. The average Bonchev–Trinajstić information content (AvgIpc) is 3.08. The summed E-state index contributed by atoms with van der Waals surface area (Å²) >= 11 is 0. The van der Waals surface area contributed by atoms with Crippen molar-refractivity contribution < 1.29 is 37.3 Å². The van der Waals surface area contributed by atoms with E-state index < -0.39 is 13.9 Å². The van der Waals surface area contributed by atoms with Gasteiger partial charge in [0.1, 0.15) is 19.8 Å². The highest BCUT2D eigenvalue weighted by Gasteiger charge is 2.25.